The summed E-state index contributed by atoms with van der Waals surface area (Å²) in [4.78, 5) is 0.857. The van der Waals surface area contributed by atoms with Crippen molar-refractivity contribution in [3.8, 4) is 0 Å². The Kier molecular flexibility index (Phi) is 4.88. The Labute approximate surface area is 168 Å². The van der Waals surface area contributed by atoms with Crippen molar-refractivity contribution in [2.75, 3.05) is 6.54 Å². The van der Waals surface area contributed by atoms with Crippen LogP contribution >= 0.6 is 11.3 Å². The van der Waals surface area contributed by atoms with Crippen LogP contribution in [0.4, 0.5) is 0 Å². The average molecular weight is 435 g/mol. The highest BCUT2D eigenvalue weighted by atomic mass is 32.2. The summed E-state index contributed by atoms with van der Waals surface area (Å²) in [5.74, 6) is 0. The number of rotatable bonds is 4. The zero-order valence-electron chi connectivity index (χ0n) is 14.7. The normalized spacial score (nSPS) is 18.0. The van der Waals surface area contributed by atoms with Crippen LogP contribution in [-0.4, -0.2) is 27.7 Å². The Bertz CT molecular complexity index is 1220. The maximum absolute atomic E-state index is 13.5. The van der Waals surface area contributed by atoms with Crippen LogP contribution in [0.25, 0.3) is 0 Å². The van der Waals surface area contributed by atoms with E-state index in [0.717, 1.165) is 17.2 Å². The Morgan fingerprint density at radius 3 is 2.36 bits per heavy atom. The summed E-state index contributed by atoms with van der Waals surface area (Å²) in [6.45, 7) is 0.314. The highest BCUT2D eigenvalue weighted by Crippen LogP contribution is 2.40. The SMILES string of the molecule is NS(=O)(=O)c1cccc(S(=O)(=O)N2CCc3sccc3[C@H]2c2ccccc2)c1. The summed E-state index contributed by atoms with van der Waals surface area (Å²) in [6, 6.07) is 16.1. The molecule has 2 heterocycles. The van der Waals surface area contributed by atoms with Crippen molar-refractivity contribution in [2.24, 2.45) is 5.14 Å². The van der Waals surface area contributed by atoms with Gasteiger partial charge in [-0.2, -0.15) is 4.31 Å². The molecule has 0 aliphatic carbocycles. The standard InChI is InChI=1S/C19H18N2O4S3/c20-27(22,23)15-7-4-8-16(13-15)28(24,25)21-11-9-18-17(10-12-26-18)19(21)14-5-2-1-3-6-14/h1-8,10,12-13,19H,9,11H2,(H2,20,22,23)/t19-/m1/s1. The van der Waals surface area contributed by atoms with Crippen LogP contribution in [0.3, 0.4) is 0 Å². The summed E-state index contributed by atoms with van der Waals surface area (Å²) < 4.78 is 51.7. The quantitative estimate of drug-likeness (QED) is 0.683. The molecule has 1 aromatic heterocycles. The minimum Gasteiger partial charge on any atom is -0.225 e. The van der Waals surface area contributed by atoms with Crippen LogP contribution in [0.15, 0.2) is 75.8 Å². The van der Waals surface area contributed by atoms with E-state index < -0.39 is 26.1 Å². The van der Waals surface area contributed by atoms with Gasteiger partial charge in [0.1, 0.15) is 0 Å². The maximum Gasteiger partial charge on any atom is 0.243 e. The van der Waals surface area contributed by atoms with Gasteiger partial charge in [0, 0.05) is 11.4 Å². The summed E-state index contributed by atoms with van der Waals surface area (Å²) in [5.41, 5.74) is 1.83. The number of thiophene rings is 1. The fourth-order valence-electron chi connectivity index (χ4n) is 3.48. The van der Waals surface area contributed by atoms with Gasteiger partial charge in [-0.05, 0) is 47.2 Å². The molecule has 146 valence electrons. The predicted molar refractivity (Wildman–Crippen MR) is 108 cm³/mol. The van der Waals surface area contributed by atoms with Crippen LogP contribution in [0.1, 0.15) is 22.0 Å². The van der Waals surface area contributed by atoms with Gasteiger partial charge in [0.25, 0.3) is 0 Å². The summed E-state index contributed by atoms with van der Waals surface area (Å²) in [5, 5.41) is 7.15. The Morgan fingerprint density at radius 1 is 0.929 bits per heavy atom. The van der Waals surface area contributed by atoms with Crippen molar-refractivity contribution in [1.29, 1.82) is 0 Å². The first-order valence-corrected chi connectivity index (χ1v) is 12.4. The Balaban J connectivity index is 1.85. The number of hydrogen-bond donors (Lipinski definition) is 1. The molecular weight excluding hydrogens is 416 g/mol. The van der Waals surface area contributed by atoms with Gasteiger partial charge in [-0.15, -0.1) is 11.3 Å². The van der Waals surface area contributed by atoms with Crippen LogP contribution in [0.2, 0.25) is 0 Å². The zero-order chi connectivity index (χ0) is 19.9. The van der Waals surface area contributed by atoms with Gasteiger partial charge < -0.3 is 0 Å². The number of sulfonamides is 2. The molecule has 0 spiro atoms. The molecule has 3 aromatic rings. The van der Waals surface area contributed by atoms with Crippen LogP contribution in [-0.2, 0) is 26.5 Å². The maximum atomic E-state index is 13.5. The number of benzene rings is 2. The predicted octanol–water partition coefficient (Wildman–Crippen LogP) is 2.73. The van der Waals surface area contributed by atoms with Crippen molar-refractivity contribution in [2.45, 2.75) is 22.3 Å². The lowest BCUT2D eigenvalue weighted by Crippen LogP contribution is -2.40. The van der Waals surface area contributed by atoms with E-state index in [0.29, 0.717) is 13.0 Å². The molecule has 0 unspecified atom stereocenters. The first kappa shape index (κ1) is 19.3. The zero-order valence-corrected chi connectivity index (χ0v) is 17.2. The second kappa shape index (κ2) is 7.09. The molecule has 1 aliphatic heterocycles. The molecule has 0 radical (unpaired) electrons. The molecular formula is C19H18N2O4S3. The molecule has 6 nitrogen and oxygen atoms in total. The van der Waals surface area contributed by atoms with Crippen molar-refractivity contribution in [3.63, 3.8) is 0 Å². The Hall–Kier alpha value is -2.04. The van der Waals surface area contributed by atoms with Crippen LogP contribution < -0.4 is 5.14 Å². The third-order valence-electron chi connectivity index (χ3n) is 4.78. The summed E-state index contributed by atoms with van der Waals surface area (Å²) >= 11 is 1.62. The molecule has 0 bridgehead atoms. The number of primary sulfonamides is 1. The van der Waals surface area contributed by atoms with Gasteiger partial charge >= 0.3 is 0 Å². The molecule has 9 heteroatoms. The van der Waals surface area contributed by atoms with E-state index in [4.69, 9.17) is 5.14 Å². The van der Waals surface area contributed by atoms with Crippen LogP contribution in [0.5, 0.6) is 0 Å². The van der Waals surface area contributed by atoms with E-state index in [1.54, 1.807) is 11.3 Å². The van der Waals surface area contributed by atoms with Crippen molar-refractivity contribution in [3.05, 3.63) is 82.0 Å². The lowest BCUT2D eigenvalue weighted by Gasteiger charge is -2.35. The minimum absolute atomic E-state index is 0.0846. The van der Waals surface area contributed by atoms with Gasteiger partial charge in [0.05, 0.1) is 15.8 Å². The number of nitrogens with zero attached hydrogens (tertiary/aromatic N) is 1. The third kappa shape index (κ3) is 3.40. The largest absolute Gasteiger partial charge is 0.243 e. The third-order valence-corrected chi connectivity index (χ3v) is 8.55. The van der Waals surface area contributed by atoms with Gasteiger partial charge in [-0.1, -0.05) is 36.4 Å². The molecule has 2 aromatic carbocycles. The van der Waals surface area contributed by atoms with Crippen molar-refractivity contribution in [1.82, 2.24) is 4.31 Å². The molecule has 4 rings (SSSR count). The smallest absolute Gasteiger partial charge is 0.225 e. The number of fused-ring (bicyclic) bond motifs is 1. The molecule has 0 amide bonds. The first-order chi connectivity index (χ1) is 13.3. The molecule has 0 saturated carbocycles. The van der Waals surface area contributed by atoms with E-state index in [-0.39, 0.29) is 9.79 Å². The molecule has 1 atom stereocenters. The van der Waals surface area contributed by atoms with Gasteiger partial charge in [-0.25, -0.2) is 22.0 Å². The van der Waals surface area contributed by atoms with Gasteiger partial charge in [0.2, 0.25) is 20.0 Å². The van der Waals surface area contributed by atoms with E-state index in [1.165, 1.54) is 27.4 Å². The lowest BCUT2D eigenvalue weighted by molar-refractivity contribution is 0.347. The molecule has 0 fully saturated rings. The fraction of sp³-hybridized carbons (Fsp3) is 0.158. The van der Waals surface area contributed by atoms with Gasteiger partial charge in [-0.3, -0.25) is 0 Å². The minimum atomic E-state index is -4.00. The molecule has 28 heavy (non-hydrogen) atoms. The molecule has 1 aliphatic rings. The van der Waals surface area contributed by atoms with Crippen molar-refractivity contribution < 1.29 is 16.8 Å². The van der Waals surface area contributed by atoms with E-state index in [1.807, 2.05) is 41.8 Å². The summed E-state index contributed by atoms with van der Waals surface area (Å²) in [7, 11) is -7.95. The Morgan fingerprint density at radius 2 is 1.64 bits per heavy atom. The number of nitrogens with two attached hydrogens (primary N) is 1. The van der Waals surface area contributed by atoms with E-state index in [9.17, 15) is 16.8 Å². The second-order valence-corrected chi connectivity index (χ2v) is 11.0. The van der Waals surface area contributed by atoms with Crippen LogP contribution in [0, 0.1) is 0 Å². The summed E-state index contributed by atoms with van der Waals surface area (Å²) in [6.07, 6.45) is 0.616. The highest BCUT2D eigenvalue weighted by Gasteiger charge is 2.38. The monoisotopic (exact) mass is 434 g/mol. The highest BCUT2D eigenvalue weighted by molar-refractivity contribution is 7.90. The van der Waals surface area contributed by atoms with E-state index >= 15 is 0 Å². The molecule has 0 saturated heterocycles. The average Bonchev–Trinajstić information content (AvgIpc) is 3.16. The lowest BCUT2D eigenvalue weighted by atomic mass is 9.95. The van der Waals surface area contributed by atoms with Gasteiger partial charge in [0.15, 0.2) is 0 Å². The molecule has 2 N–H and O–H groups in total. The number of hydrogen-bond acceptors (Lipinski definition) is 5. The van der Waals surface area contributed by atoms with Crippen molar-refractivity contribution >= 4 is 31.4 Å². The topological polar surface area (TPSA) is 97.5 Å². The van der Waals surface area contributed by atoms with E-state index in [2.05, 4.69) is 0 Å². The first-order valence-electron chi connectivity index (χ1n) is 8.54. The fourth-order valence-corrected chi connectivity index (χ4v) is 6.66. The second-order valence-electron chi connectivity index (χ2n) is 6.50.